The smallest absolute Gasteiger partial charge is 0.355 e. The normalized spacial score (nSPS) is 10.8. The van der Waals surface area contributed by atoms with Gasteiger partial charge in [-0.05, 0) is 43.7 Å². The fourth-order valence-electron chi connectivity index (χ4n) is 3.11. The molecule has 1 heterocycles. The van der Waals surface area contributed by atoms with Crippen LogP contribution < -0.4 is 26.7 Å². The molecule has 0 fully saturated rings. The first-order chi connectivity index (χ1) is 17.0. The molecule has 1 aromatic heterocycles. The topological polar surface area (TPSA) is 145 Å². The van der Waals surface area contributed by atoms with Gasteiger partial charge >= 0.3 is 17.3 Å². The van der Waals surface area contributed by atoms with Crippen LogP contribution in [0.25, 0.3) is 0 Å². The number of aromatic nitrogens is 3. The van der Waals surface area contributed by atoms with Crippen molar-refractivity contribution in [3.8, 4) is 5.75 Å². The van der Waals surface area contributed by atoms with E-state index in [1.807, 2.05) is 0 Å². The van der Waals surface area contributed by atoms with Gasteiger partial charge in [0.25, 0.3) is 0 Å². The molecule has 13 heteroatoms. The van der Waals surface area contributed by atoms with Crippen LogP contribution in [-0.2, 0) is 22.7 Å². The minimum atomic E-state index is -1.29. The van der Waals surface area contributed by atoms with Crippen LogP contribution in [0.4, 0.5) is 16.0 Å². The fourth-order valence-corrected chi connectivity index (χ4v) is 3.23. The number of anilines is 2. The molecule has 36 heavy (non-hydrogen) atoms. The maximum atomic E-state index is 14.5. The molecule has 0 radical (unpaired) electrons. The highest BCUT2D eigenvalue weighted by Crippen LogP contribution is 2.24. The van der Waals surface area contributed by atoms with Crippen LogP contribution in [0.3, 0.4) is 0 Å². The number of nitrogens with one attached hydrogen (secondary N) is 2. The van der Waals surface area contributed by atoms with Crippen molar-refractivity contribution in [2.75, 3.05) is 11.9 Å². The standard InChI is InChI=1S/C23H23ClFN5O6/c1-13(2)36-18-8-7-16(9-17(18)25)27-21-28-22(34)30(12-19(31)26-10-20(32)33)23(35)29(21)11-14-3-5-15(24)6-4-14/h3-9,13H,10-12H2,1-2H3,(H,26,31)(H,32,33)(H,27,28,34). The molecule has 0 saturated heterocycles. The van der Waals surface area contributed by atoms with Gasteiger partial charge in [-0.2, -0.15) is 4.98 Å². The minimum absolute atomic E-state index is 0.0323. The maximum Gasteiger partial charge on any atom is 0.355 e. The molecule has 11 nitrogen and oxygen atoms in total. The lowest BCUT2D eigenvalue weighted by Crippen LogP contribution is -2.46. The summed E-state index contributed by atoms with van der Waals surface area (Å²) < 4.78 is 21.5. The molecule has 0 saturated carbocycles. The minimum Gasteiger partial charge on any atom is -0.488 e. The molecule has 3 aromatic rings. The Morgan fingerprint density at radius 2 is 1.83 bits per heavy atom. The monoisotopic (exact) mass is 519 g/mol. The number of aliphatic carboxylic acids is 1. The number of ether oxygens (including phenoxy) is 1. The summed E-state index contributed by atoms with van der Waals surface area (Å²) >= 11 is 5.93. The zero-order valence-corrected chi connectivity index (χ0v) is 20.1. The number of rotatable bonds is 10. The lowest BCUT2D eigenvalue weighted by molar-refractivity contribution is -0.138. The van der Waals surface area contributed by atoms with E-state index < -0.39 is 42.2 Å². The SMILES string of the molecule is CC(C)Oc1ccc(Nc2nc(=O)n(CC(=O)NCC(=O)O)c(=O)n2Cc2ccc(Cl)cc2)cc1F. The summed E-state index contributed by atoms with van der Waals surface area (Å²) in [5, 5.41) is 14.0. The first kappa shape index (κ1) is 26.4. The molecule has 0 aliphatic rings. The molecule has 2 aromatic carbocycles. The van der Waals surface area contributed by atoms with Crippen molar-refractivity contribution < 1.29 is 23.8 Å². The van der Waals surface area contributed by atoms with E-state index in [1.54, 1.807) is 38.1 Å². The van der Waals surface area contributed by atoms with E-state index in [4.69, 9.17) is 21.4 Å². The highest BCUT2D eigenvalue weighted by atomic mass is 35.5. The number of hydrogen-bond acceptors (Lipinski definition) is 7. The van der Waals surface area contributed by atoms with Crippen LogP contribution in [0, 0.1) is 5.82 Å². The van der Waals surface area contributed by atoms with Crippen molar-refractivity contribution in [3.05, 3.63) is 79.8 Å². The Bertz CT molecular complexity index is 1390. The number of benzene rings is 2. The highest BCUT2D eigenvalue weighted by Gasteiger charge is 2.17. The number of carbonyl (C=O) groups is 2. The molecule has 0 aliphatic carbocycles. The van der Waals surface area contributed by atoms with Crippen molar-refractivity contribution in [3.63, 3.8) is 0 Å². The van der Waals surface area contributed by atoms with E-state index in [-0.39, 0.29) is 30.0 Å². The fraction of sp³-hybridized carbons (Fsp3) is 0.261. The number of halogens is 2. The van der Waals surface area contributed by atoms with Crippen LogP contribution in [-0.4, -0.2) is 43.7 Å². The van der Waals surface area contributed by atoms with E-state index in [9.17, 15) is 23.6 Å². The Morgan fingerprint density at radius 3 is 2.44 bits per heavy atom. The highest BCUT2D eigenvalue weighted by molar-refractivity contribution is 6.30. The van der Waals surface area contributed by atoms with Crippen molar-refractivity contribution in [2.45, 2.75) is 33.0 Å². The van der Waals surface area contributed by atoms with Gasteiger partial charge in [0, 0.05) is 16.8 Å². The Labute approximate surface area is 209 Å². The third-order valence-corrected chi connectivity index (χ3v) is 4.95. The second-order valence-corrected chi connectivity index (χ2v) is 8.34. The van der Waals surface area contributed by atoms with Gasteiger partial charge in [0.2, 0.25) is 11.9 Å². The summed E-state index contributed by atoms with van der Waals surface area (Å²) in [5.74, 6) is -2.97. The predicted octanol–water partition coefficient (Wildman–Crippen LogP) is 1.98. The van der Waals surface area contributed by atoms with Crippen molar-refractivity contribution in [2.24, 2.45) is 0 Å². The van der Waals surface area contributed by atoms with Gasteiger partial charge in [-0.3, -0.25) is 14.2 Å². The summed E-state index contributed by atoms with van der Waals surface area (Å²) in [6.45, 7) is 2.01. The average Bonchev–Trinajstić information content (AvgIpc) is 2.80. The lowest BCUT2D eigenvalue weighted by atomic mass is 10.2. The molecule has 0 aliphatic heterocycles. The summed E-state index contributed by atoms with van der Waals surface area (Å²) in [5.41, 5.74) is -1.13. The van der Waals surface area contributed by atoms with Crippen LogP contribution in [0.1, 0.15) is 19.4 Å². The third kappa shape index (κ3) is 6.92. The predicted molar refractivity (Wildman–Crippen MR) is 129 cm³/mol. The van der Waals surface area contributed by atoms with Gasteiger partial charge in [0.15, 0.2) is 11.6 Å². The Balaban J connectivity index is 2.00. The summed E-state index contributed by atoms with van der Waals surface area (Å²) in [7, 11) is 0. The summed E-state index contributed by atoms with van der Waals surface area (Å²) in [6.07, 6.45) is -0.246. The van der Waals surface area contributed by atoms with Crippen LogP contribution >= 0.6 is 11.6 Å². The van der Waals surface area contributed by atoms with Gasteiger partial charge in [0.1, 0.15) is 13.1 Å². The van der Waals surface area contributed by atoms with Crippen molar-refractivity contribution in [1.82, 2.24) is 19.4 Å². The number of hydrogen-bond donors (Lipinski definition) is 3. The van der Waals surface area contributed by atoms with Crippen molar-refractivity contribution >= 4 is 35.1 Å². The third-order valence-electron chi connectivity index (χ3n) is 4.69. The van der Waals surface area contributed by atoms with E-state index >= 15 is 0 Å². The lowest BCUT2D eigenvalue weighted by Gasteiger charge is -2.16. The quantitative estimate of drug-likeness (QED) is 0.369. The first-order valence-electron chi connectivity index (χ1n) is 10.7. The average molecular weight is 520 g/mol. The number of carboxylic acids is 1. The second-order valence-electron chi connectivity index (χ2n) is 7.91. The molecule has 0 atom stereocenters. The van der Waals surface area contributed by atoms with E-state index in [0.717, 1.165) is 10.6 Å². The zero-order valence-electron chi connectivity index (χ0n) is 19.3. The zero-order chi connectivity index (χ0) is 26.4. The Morgan fingerprint density at radius 1 is 1.14 bits per heavy atom. The Kier molecular flexibility index (Phi) is 8.43. The summed E-state index contributed by atoms with van der Waals surface area (Å²) in [6, 6.07) is 10.6. The van der Waals surface area contributed by atoms with Gasteiger partial charge in [-0.15, -0.1) is 0 Å². The maximum absolute atomic E-state index is 14.5. The van der Waals surface area contributed by atoms with E-state index in [1.165, 1.54) is 12.1 Å². The molecule has 190 valence electrons. The number of carboxylic acid groups (broad SMARTS) is 1. The molecule has 3 rings (SSSR count). The van der Waals surface area contributed by atoms with Crippen molar-refractivity contribution in [1.29, 1.82) is 0 Å². The van der Waals surface area contributed by atoms with Gasteiger partial charge in [-0.25, -0.2) is 18.5 Å². The number of nitrogens with zero attached hydrogens (tertiary/aromatic N) is 3. The molecule has 0 unspecified atom stereocenters. The first-order valence-corrected chi connectivity index (χ1v) is 11.1. The number of amides is 1. The number of carbonyl (C=O) groups excluding carboxylic acids is 1. The molecular formula is C23H23ClFN5O6. The van der Waals surface area contributed by atoms with Gasteiger partial charge in [-0.1, -0.05) is 23.7 Å². The second kappa shape index (κ2) is 11.5. The van der Waals surface area contributed by atoms with Crippen LogP contribution in [0.5, 0.6) is 5.75 Å². The molecule has 1 amide bonds. The van der Waals surface area contributed by atoms with Gasteiger partial charge in [0.05, 0.1) is 12.6 Å². The van der Waals surface area contributed by atoms with E-state index in [2.05, 4.69) is 15.6 Å². The largest absolute Gasteiger partial charge is 0.488 e. The van der Waals surface area contributed by atoms with E-state index in [0.29, 0.717) is 15.2 Å². The van der Waals surface area contributed by atoms with Gasteiger partial charge < -0.3 is 20.5 Å². The van der Waals surface area contributed by atoms with Crippen LogP contribution in [0.2, 0.25) is 5.02 Å². The molecular weight excluding hydrogens is 497 g/mol. The molecule has 3 N–H and O–H groups in total. The van der Waals surface area contributed by atoms with Crippen LogP contribution in [0.15, 0.2) is 52.1 Å². The summed E-state index contributed by atoms with van der Waals surface area (Å²) in [4.78, 5) is 52.4. The molecule has 0 bridgehead atoms. The Hall–Kier alpha value is -4.19. The molecule has 0 spiro atoms.